The van der Waals surface area contributed by atoms with Crippen molar-refractivity contribution in [2.24, 2.45) is 0 Å². The molecule has 5 nitrogen and oxygen atoms in total. The van der Waals surface area contributed by atoms with Gasteiger partial charge in [-0.1, -0.05) is 25.2 Å². The lowest BCUT2D eigenvalue weighted by Crippen LogP contribution is -2.37. The van der Waals surface area contributed by atoms with Gasteiger partial charge in [0.2, 0.25) is 5.13 Å². The molecule has 2 rings (SSSR count). The van der Waals surface area contributed by atoms with E-state index in [4.69, 9.17) is 0 Å². The Hall–Kier alpha value is -0.720. The van der Waals surface area contributed by atoms with Crippen LogP contribution in [0.1, 0.15) is 32.2 Å². The van der Waals surface area contributed by atoms with E-state index in [1.807, 2.05) is 0 Å². The number of likely N-dealkylation sites (N-methyl/N-ethyl adjacent to an activating group) is 1. The van der Waals surface area contributed by atoms with E-state index in [-0.39, 0.29) is 0 Å². The number of hydrogen-bond donors (Lipinski definition) is 1. The molecular weight excluding hydrogens is 258 g/mol. The lowest BCUT2D eigenvalue weighted by atomic mass is 10.2. The summed E-state index contributed by atoms with van der Waals surface area (Å²) in [7, 11) is 0. The van der Waals surface area contributed by atoms with Gasteiger partial charge in [-0.3, -0.25) is 9.80 Å². The van der Waals surface area contributed by atoms with Crippen LogP contribution in [-0.4, -0.2) is 58.8 Å². The highest BCUT2D eigenvalue weighted by molar-refractivity contribution is 7.15. The second-order valence-corrected chi connectivity index (χ2v) is 5.99. The Morgan fingerprint density at radius 2 is 2.11 bits per heavy atom. The van der Waals surface area contributed by atoms with Gasteiger partial charge in [-0.15, -0.1) is 10.2 Å². The van der Waals surface area contributed by atoms with Crippen molar-refractivity contribution in [3.05, 3.63) is 5.01 Å². The Morgan fingerprint density at radius 3 is 2.79 bits per heavy atom. The molecule has 19 heavy (non-hydrogen) atoms. The Bertz CT molecular complexity index is 377. The smallest absolute Gasteiger partial charge is 0.205 e. The zero-order valence-corrected chi connectivity index (χ0v) is 13.0. The molecule has 1 saturated heterocycles. The molecule has 1 atom stereocenters. The number of nitrogens with one attached hydrogen (secondary N) is 1. The van der Waals surface area contributed by atoms with Crippen LogP contribution in [0.4, 0.5) is 5.13 Å². The first kappa shape index (κ1) is 14.7. The van der Waals surface area contributed by atoms with Crippen molar-refractivity contribution in [2.75, 3.05) is 38.0 Å². The molecule has 0 aromatic carbocycles. The molecule has 0 bridgehead atoms. The molecule has 1 unspecified atom stereocenters. The van der Waals surface area contributed by atoms with Crippen molar-refractivity contribution >= 4 is 16.5 Å². The summed E-state index contributed by atoms with van der Waals surface area (Å²) in [5.74, 6) is 0. The number of likely N-dealkylation sites (tertiary alicyclic amines) is 1. The van der Waals surface area contributed by atoms with Gasteiger partial charge in [0.05, 0.1) is 6.54 Å². The van der Waals surface area contributed by atoms with Crippen LogP contribution in [0, 0.1) is 0 Å². The van der Waals surface area contributed by atoms with Crippen molar-refractivity contribution in [3.8, 4) is 0 Å². The Labute approximate surface area is 120 Å². The van der Waals surface area contributed by atoms with Crippen LogP contribution in [0.5, 0.6) is 0 Å². The number of nitrogens with zero attached hydrogens (tertiary/aromatic N) is 4. The van der Waals surface area contributed by atoms with E-state index < -0.39 is 0 Å². The molecule has 0 spiro atoms. The van der Waals surface area contributed by atoms with Gasteiger partial charge in [0.1, 0.15) is 5.01 Å². The summed E-state index contributed by atoms with van der Waals surface area (Å²) in [5.41, 5.74) is 0. The minimum absolute atomic E-state index is 0.719. The van der Waals surface area contributed by atoms with Crippen LogP contribution >= 0.6 is 11.3 Å². The lowest BCUT2D eigenvalue weighted by Gasteiger charge is -2.26. The largest absolute Gasteiger partial charge is 0.360 e. The monoisotopic (exact) mass is 283 g/mol. The Balaban J connectivity index is 1.83. The molecule has 1 aliphatic heterocycles. The SMILES string of the molecule is CCNc1nnc(CN2CCC(N(CC)CC)C2)s1. The van der Waals surface area contributed by atoms with Crippen molar-refractivity contribution in [1.29, 1.82) is 0 Å². The number of aromatic nitrogens is 2. The third-order valence-electron chi connectivity index (χ3n) is 3.73. The molecule has 0 amide bonds. The Kier molecular flexibility index (Phi) is 5.54. The third kappa shape index (κ3) is 3.87. The predicted molar refractivity (Wildman–Crippen MR) is 80.7 cm³/mol. The van der Waals surface area contributed by atoms with Gasteiger partial charge in [0.25, 0.3) is 0 Å². The number of anilines is 1. The van der Waals surface area contributed by atoms with Crippen molar-refractivity contribution < 1.29 is 0 Å². The van der Waals surface area contributed by atoms with E-state index in [2.05, 4.69) is 46.1 Å². The van der Waals surface area contributed by atoms with Crippen LogP contribution in [0.25, 0.3) is 0 Å². The molecule has 1 aromatic heterocycles. The van der Waals surface area contributed by atoms with Crippen molar-refractivity contribution in [2.45, 2.75) is 39.8 Å². The predicted octanol–water partition coefficient (Wildman–Crippen LogP) is 1.89. The molecular formula is C13H25N5S. The maximum Gasteiger partial charge on any atom is 0.205 e. The Morgan fingerprint density at radius 1 is 1.32 bits per heavy atom. The zero-order valence-electron chi connectivity index (χ0n) is 12.2. The van der Waals surface area contributed by atoms with Crippen LogP contribution < -0.4 is 5.32 Å². The molecule has 2 heterocycles. The molecule has 1 fully saturated rings. The van der Waals surface area contributed by atoms with Gasteiger partial charge in [0, 0.05) is 25.7 Å². The maximum atomic E-state index is 4.26. The molecule has 1 N–H and O–H groups in total. The first-order valence-corrected chi connectivity index (χ1v) is 8.11. The molecule has 0 aliphatic carbocycles. The first-order chi connectivity index (χ1) is 9.26. The van der Waals surface area contributed by atoms with E-state index in [1.54, 1.807) is 11.3 Å². The van der Waals surface area contributed by atoms with Crippen molar-refractivity contribution in [3.63, 3.8) is 0 Å². The third-order valence-corrected chi connectivity index (χ3v) is 4.60. The fourth-order valence-electron chi connectivity index (χ4n) is 2.73. The fourth-order valence-corrected chi connectivity index (χ4v) is 3.58. The van der Waals surface area contributed by atoms with E-state index in [0.717, 1.165) is 48.9 Å². The summed E-state index contributed by atoms with van der Waals surface area (Å²) in [6.45, 7) is 13.1. The molecule has 0 radical (unpaired) electrons. The standard InChI is InChI=1S/C13H25N5S/c1-4-14-13-16-15-12(19-13)10-17-8-7-11(9-17)18(5-2)6-3/h11H,4-10H2,1-3H3,(H,14,16). The molecule has 0 saturated carbocycles. The van der Waals surface area contributed by atoms with Gasteiger partial charge < -0.3 is 5.32 Å². The van der Waals surface area contributed by atoms with E-state index in [9.17, 15) is 0 Å². The summed E-state index contributed by atoms with van der Waals surface area (Å²) < 4.78 is 0. The van der Waals surface area contributed by atoms with E-state index in [1.165, 1.54) is 13.0 Å². The zero-order chi connectivity index (χ0) is 13.7. The molecule has 1 aromatic rings. The summed E-state index contributed by atoms with van der Waals surface area (Å²) in [6, 6.07) is 0.719. The normalized spacial score (nSPS) is 20.3. The van der Waals surface area contributed by atoms with Crippen LogP contribution in [0.15, 0.2) is 0 Å². The van der Waals surface area contributed by atoms with E-state index >= 15 is 0 Å². The van der Waals surface area contributed by atoms with E-state index in [0.29, 0.717) is 0 Å². The number of rotatable bonds is 7. The topological polar surface area (TPSA) is 44.3 Å². The number of hydrogen-bond acceptors (Lipinski definition) is 6. The van der Waals surface area contributed by atoms with Crippen molar-refractivity contribution in [1.82, 2.24) is 20.0 Å². The summed E-state index contributed by atoms with van der Waals surface area (Å²) >= 11 is 1.68. The molecule has 6 heteroatoms. The highest BCUT2D eigenvalue weighted by atomic mass is 32.1. The highest BCUT2D eigenvalue weighted by Gasteiger charge is 2.26. The van der Waals surface area contributed by atoms with Gasteiger partial charge in [-0.2, -0.15) is 0 Å². The second-order valence-electron chi connectivity index (χ2n) is 4.93. The van der Waals surface area contributed by atoms with Crippen LogP contribution in [0.2, 0.25) is 0 Å². The summed E-state index contributed by atoms with van der Waals surface area (Å²) in [6.07, 6.45) is 1.28. The maximum absolute atomic E-state index is 4.26. The minimum Gasteiger partial charge on any atom is -0.360 e. The van der Waals surface area contributed by atoms with Gasteiger partial charge in [-0.05, 0) is 26.4 Å². The quantitative estimate of drug-likeness (QED) is 0.828. The second kappa shape index (κ2) is 7.17. The average Bonchev–Trinajstić information content (AvgIpc) is 3.02. The fraction of sp³-hybridized carbons (Fsp3) is 0.846. The average molecular weight is 283 g/mol. The lowest BCUT2D eigenvalue weighted by molar-refractivity contribution is 0.209. The van der Waals surface area contributed by atoms with Crippen LogP contribution in [-0.2, 0) is 6.54 Å². The molecule has 1 aliphatic rings. The van der Waals surface area contributed by atoms with Gasteiger partial charge in [0.15, 0.2) is 0 Å². The first-order valence-electron chi connectivity index (χ1n) is 7.29. The minimum atomic E-state index is 0.719. The van der Waals surface area contributed by atoms with Crippen LogP contribution in [0.3, 0.4) is 0 Å². The molecule has 108 valence electrons. The summed E-state index contributed by atoms with van der Waals surface area (Å²) in [4.78, 5) is 5.06. The highest BCUT2D eigenvalue weighted by Crippen LogP contribution is 2.21. The summed E-state index contributed by atoms with van der Waals surface area (Å²) in [5, 5.41) is 13.7. The van der Waals surface area contributed by atoms with Gasteiger partial charge >= 0.3 is 0 Å². The van der Waals surface area contributed by atoms with Gasteiger partial charge in [-0.25, -0.2) is 0 Å².